The SMILES string of the molecule is Cc1cc(Br)cc(C)c1OCC(=O)N/N=C/c1c(C)[nH]c2ccccc12. The predicted octanol–water partition coefficient (Wildman–Crippen LogP) is 4.38. The molecule has 0 unspecified atom stereocenters. The fraction of sp³-hybridized carbons (Fsp3) is 0.200. The van der Waals surface area contributed by atoms with Crippen LogP contribution < -0.4 is 10.2 Å². The molecule has 26 heavy (non-hydrogen) atoms. The number of amides is 1. The average Bonchev–Trinajstić information content (AvgIpc) is 2.89. The molecule has 0 saturated heterocycles. The number of H-pyrrole nitrogens is 1. The van der Waals surface area contributed by atoms with Gasteiger partial charge in [0.05, 0.1) is 6.21 Å². The maximum atomic E-state index is 12.0. The number of rotatable bonds is 5. The van der Waals surface area contributed by atoms with Gasteiger partial charge in [-0.05, 0) is 50.1 Å². The molecular formula is C20H20BrN3O2. The number of aromatic nitrogens is 1. The molecule has 3 rings (SSSR count). The highest BCUT2D eigenvalue weighted by molar-refractivity contribution is 9.10. The van der Waals surface area contributed by atoms with E-state index in [1.165, 1.54) is 0 Å². The van der Waals surface area contributed by atoms with E-state index in [-0.39, 0.29) is 12.5 Å². The molecule has 0 radical (unpaired) electrons. The summed E-state index contributed by atoms with van der Waals surface area (Å²) in [6, 6.07) is 11.9. The molecule has 134 valence electrons. The number of benzene rings is 2. The van der Waals surface area contributed by atoms with Crippen LogP contribution in [0.25, 0.3) is 10.9 Å². The van der Waals surface area contributed by atoms with Crippen molar-refractivity contribution in [3.63, 3.8) is 0 Å². The van der Waals surface area contributed by atoms with Crippen molar-refractivity contribution in [1.82, 2.24) is 10.4 Å². The third-order valence-electron chi connectivity index (χ3n) is 4.10. The van der Waals surface area contributed by atoms with Gasteiger partial charge in [0.1, 0.15) is 5.75 Å². The zero-order chi connectivity index (χ0) is 18.7. The molecule has 0 fully saturated rings. The average molecular weight is 414 g/mol. The number of carbonyl (C=O) groups excluding carboxylic acids is 1. The zero-order valence-corrected chi connectivity index (χ0v) is 16.5. The monoisotopic (exact) mass is 413 g/mol. The molecule has 0 aliphatic heterocycles. The zero-order valence-electron chi connectivity index (χ0n) is 14.9. The van der Waals surface area contributed by atoms with Crippen LogP contribution in [0.4, 0.5) is 0 Å². The van der Waals surface area contributed by atoms with Crippen molar-refractivity contribution in [3.8, 4) is 5.75 Å². The summed E-state index contributed by atoms with van der Waals surface area (Å²) in [5, 5.41) is 5.13. The fourth-order valence-electron chi connectivity index (χ4n) is 2.93. The Hall–Kier alpha value is -2.60. The molecule has 3 aromatic rings. The van der Waals surface area contributed by atoms with E-state index in [1.807, 2.05) is 57.2 Å². The maximum absolute atomic E-state index is 12.0. The highest BCUT2D eigenvalue weighted by Gasteiger charge is 2.09. The highest BCUT2D eigenvalue weighted by atomic mass is 79.9. The van der Waals surface area contributed by atoms with Crippen LogP contribution in [0.2, 0.25) is 0 Å². The number of halogens is 1. The Balaban J connectivity index is 1.62. The van der Waals surface area contributed by atoms with E-state index in [4.69, 9.17) is 4.74 Å². The molecule has 0 atom stereocenters. The molecule has 1 aromatic heterocycles. The molecule has 2 N–H and O–H groups in total. The van der Waals surface area contributed by atoms with Gasteiger partial charge in [0.25, 0.3) is 5.91 Å². The quantitative estimate of drug-likeness (QED) is 0.481. The number of ether oxygens (including phenoxy) is 1. The third kappa shape index (κ3) is 3.96. The van der Waals surface area contributed by atoms with Gasteiger partial charge in [-0.15, -0.1) is 0 Å². The lowest BCUT2D eigenvalue weighted by atomic mass is 10.1. The first-order valence-electron chi connectivity index (χ1n) is 8.24. The molecule has 0 aliphatic carbocycles. The van der Waals surface area contributed by atoms with Gasteiger partial charge in [0.2, 0.25) is 0 Å². The smallest absolute Gasteiger partial charge is 0.277 e. The van der Waals surface area contributed by atoms with Crippen LogP contribution in [0.3, 0.4) is 0 Å². The second-order valence-corrected chi connectivity index (χ2v) is 7.08. The van der Waals surface area contributed by atoms with Gasteiger partial charge in [-0.1, -0.05) is 34.1 Å². The molecule has 0 aliphatic rings. The summed E-state index contributed by atoms with van der Waals surface area (Å²) < 4.78 is 6.64. The lowest BCUT2D eigenvalue weighted by Crippen LogP contribution is -2.25. The van der Waals surface area contributed by atoms with Crippen LogP contribution in [0.15, 0.2) is 46.0 Å². The van der Waals surface area contributed by atoms with Gasteiger partial charge in [0, 0.05) is 26.6 Å². The van der Waals surface area contributed by atoms with Crippen molar-refractivity contribution in [2.75, 3.05) is 6.61 Å². The summed E-state index contributed by atoms with van der Waals surface area (Å²) in [6.07, 6.45) is 1.65. The van der Waals surface area contributed by atoms with E-state index in [1.54, 1.807) is 6.21 Å². The first-order valence-corrected chi connectivity index (χ1v) is 9.03. The third-order valence-corrected chi connectivity index (χ3v) is 4.56. The molecule has 5 nitrogen and oxygen atoms in total. The minimum Gasteiger partial charge on any atom is -0.483 e. The number of hydrogen-bond acceptors (Lipinski definition) is 3. The van der Waals surface area contributed by atoms with Crippen LogP contribution in [0.5, 0.6) is 5.75 Å². The Kier molecular flexibility index (Phi) is 5.42. The second kappa shape index (κ2) is 7.74. The van der Waals surface area contributed by atoms with Crippen molar-refractivity contribution < 1.29 is 9.53 Å². The summed E-state index contributed by atoms with van der Waals surface area (Å²) in [5.74, 6) is 0.417. The number of aryl methyl sites for hydroxylation is 3. The first kappa shape index (κ1) is 18.2. The van der Waals surface area contributed by atoms with Crippen LogP contribution >= 0.6 is 15.9 Å². The van der Waals surface area contributed by atoms with Crippen molar-refractivity contribution in [1.29, 1.82) is 0 Å². The van der Waals surface area contributed by atoms with E-state index >= 15 is 0 Å². The molecule has 1 heterocycles. The lowest BCUT2D eigenvalue weighted by Gasteiger charge is -2.11. The number of aromatic amines is 1. The Morgan fingerprint density at radius 3 is 2.65 bits per heavy atom. The molecule has 0 spiro atoms. The molecule has 6 heteroatoms. The molecular weight excluding hydrogens is 394 g/mol. The lowest BCUT2D eigenvalue weighted by molar-refractivity contribution is -0.123. The normalized spacial score (nSPS) is 11.2. The van der Waals surface area contributed by atoms with E-state index in [9.17, 15) is 4.79 Å². The van der Waals surface area contributed by atoms with E-state index < -0.39 is 0 Å². The van der Waals surface area contributed by atoms with Crippen LogP contribution in [0.1, 0.15) is 22.4 Å². The highest BCUT2D eigenvalue weighted by Crippen LogP contribution is 2.27. The Labute approximate surface area is 160 Å². The Morgan fingerprint density at radius 1 is 1.23 bits per heavy atom. The van der Waals surface area contributed by atoms with Crippen LogP contribution in [-0.4, -0.2) is 23.7 Å². The Bertz CT molecular complexity index is 969. The van der Waals surface area contributed by atoms with E-state index in [2.05, 4.69) is 31.4 Å². The minimum atomic E-state index is -0.305. The first-order chi connectivity index (χ1) is 12.5. The summed E-state index contributed by atoms with van der Waals surface area (Å²) in [4.78, 5) is 15.3. The maximum Gasteiger partial charge on any atom is 0.277 e. The largest absolute Gasteiger partial charge is 0.483 e. The number of fused-ring (bicyclic) bond motifs is 1. The van der Waals surface area contributed by atoms with Crippen molar-refractivity contribution in [2.24, 2.45) is 5.10 Å². The molecule has 2 aromatic carbocycles. The number of hydrogen-bond donors (Lipinski definition) is 2. The minimum absolute atomic E-state index is 0.0898. The van der Waals surface area contributed by atoms with Crippen molar-refractivity contribution in [3.05, 3.63) is 63.3 Å². The predicted molar refractivity (Wildman–Crippen MR) is 108 cm³/mol. The number of carbonyl (C=O) groups is 1. The van der Waals surface area contributed by atoms with Crippen molar-refractivity contribution >= 4 is 39.0 Å². The fourth-order valence-corrected chi connectivity index (χ4v) is 3.62. The molecule has 0 saturated carbocycles. The molecule has 1 amide bonds. The van der Waals surface area contributed by atoms with E-state index in [0.29, 0.717) is 0 Å². The van der Waals surface area contributed by atoms with E-state index in [0.717, 1.165) is 43.5 Å². The topological polar surface area (TPSA) is 66.5 Å². The Morgan fingerprint density at radius 2 is 1.92 bits per heavy atom. The van der Waals surface area contributed by atoms with Crippen LogP contribution in [0, 0.1) is 20.8 Å². The van der Waals surface area contributed by atoms with Gasteiger partial charge in [0.15, 0.2) is 6.61 Å². The number of para-hydroxylation sites is 1. The summed E-state index contributed by atoms with van der Waals surface area (Å²) in [5.41, 5.74) is 7.47. The number of nitrogens with one attached hydrogen (secondary N) is 2. The summed E-state index contributed by atoms with van der Waals surface area (Å²) in [7, 11) is 0. The number of nitrogens with zero attached hydrogens (tertiary/aromatic N) is 1. The van der Waals surface area contributed by atoms with Gasteiger partial charge in [-0.3, -0.25) is 4.79 Å². The summed E-state index contributed by atoms with van der Waals surface area (Å²) in [6.45, 7) is 5.78. The standard InChI is InChI=1S/C20H20BrN3O2/c1-12-8-15(21)9-13(2)20(12)26-11-19(25)24-22-10-17-14(3)23-18-7-5-4-6-16(17)18/h4-10,23H,11H2,1-3H3,(H,24,25)/b22-10+. The van der Waals surface area contributed by atoms with Gasteiger partial charge in [-0.25, -0.2) is 5.43 Å². The molecule has 0 bridgehead atoms. The van der Waals surface area contributed by atoms with Gasteiger partial charge in [-0.2, -0.15) is 5.10 Å². The second-order valence-electron chi connectivity index (χ2n) is 6.16. The van der Waals surface area contributed by atoms with Gasteiger partial charge >= 0.3 is 0 Å². The number of hydrazone groups is 1. The summed E-state index contributed by atoms with van der Waals surface area (Å²) >= 11 is 3.45. The van der Waals surface area contributed by atoms with Crippen molar-refractivity contribution in [2.45, 2.75) is 20.8 Å². The van der Waals surface area contributed by atoms with Gasteiger partial charge < -0.3 is 9.72 Å². The van der Waals surface area contributed by atoms with Crippen LogP contribution in [-0.2, 0) is 4.79 Å².